The number of hydrogen-bond donors (Lipinski definition) is 3. The third-order valence-corrected chi connectivity index (χ3v) is 5.13. The quantitative estimate of drug-likeness (QED) is 0.371. The van der Waals surface area contributed by atoms with E-state index in [0.29, 0.717) is 36.4 Å². The second kappa shape index (κ2) is 11.0. The molecule has 0 unspecified atom stereocenters. The molecule has 1 aliphatic rings. The van der Waals surface area contributed by atoms with E-state index in [1.807, 2.05) is 6.07 Å². The van der Waals surface area contributed by atoms with Gasteiger partial charge in [0.1, 0.15) is 29.0 Å². The van der Waals surface area contributed by atoms with E-state index in [2.05, 4.69) is 32.0 Å². The number of carbonyl (C=O) groups is 1. The minimum absolute atomic E-state index is 0.0260. The van der Waals surface area contributed by atoms with E-state index >= 15 is 0 Å². The van der Waals surface area contributed by atoms with Gasteiger partial charge in [-0.2, -0.15) is 5.26 Å². The molecule has 35 heavy (non-hydrogen) atoms. The Hall–Kier alpha value is -4.59. The van der Waals surface area contributed by atoms with Crippen molar-refractivity contribution in [2.45, 2.75) is 26.3 Å². The van der Waals surface area contributed by atoms with Crippen molar-refractivity contribution >= 4 is 23.3 Å². The molecule has 3 rings (SSSR count). The topological polar surface area (TPSA) is 168 Å². The highest BCUT2D eigenvalue weighted by Gasteiger charge is 2.50. The Labute approximate surface area is 201 Å². The van der Waals surface area contributed by atoms with Crippen molar-refractivity contribution in [3.63, 3.8) is 0 Å². The van der Waals surface area contributed by atoms with Gasteiger partial charge in [-0.25, -0.2) is 9.38 Å². The number of amides is 1. The normalized spacial score (nSPS) is 15.9. The largest absolute Gasteiger partial charge is 0.396 e. The van der Waals surface area contributed by atoms with Gasteiger partial charge in [-0.1, -0.05) is 29.9 Å². The van der Waals surface area contributed by atoms with Crippen molar-refractivity contribution in [2.75, 3.05) is 6.54 Å². The molecule has 10 nitrogen and oxygen atoms in total. The average molecular weight is 477 g/mol. The summed E-state index contributed by atoms with van der Waals surface area (Å²) in [5.41, 5.74) is 12.4. The Morgan fingerprint density at radius 2 is 2.09 bits per heavy atom. The van der Waals surface area contributed by atoms with Crippen LogP contribution in [0.4, 0.5) is 4.39 Å². The molecule has 1 aliphatic carbocycles. The number of aromatic nitrogens is 1. The number of aliphatic imine (C=N–C) groups is 3. The van der Waals surface area contributed by atoms with Gasteiger partial charge in [0, 0.05) is 18.2 Å². The number of carbonyl (C=O) groups excluding carboxylic acids is 1. The van der Waals surface area contributed by atoms with Crippen LogP contribution in [0.5, 0.6) is 0 Å². The SMILES string of the molecule is C=C(NC(=O)C1(C#N)CC1)C(N)=NC(=NCC)C(N)=CC(=NCc1ccccc1F)c1ccon1. The van der Waals surface area contributed by atoms with Crippen LogP contribution in [0.3, 0.4) is 0 Å². The molecule has 11 heteroatoms. The number of benzene rings is 1. The predicted molar refractivity (Wildman–Crippen MR) is 130 cm³/mol. The molecule has 1 aromatic carbocycles. The second-order valence-corrected chi connectivity index (χ2v) is 7.70. The summed E-state index contributed by atoms with van der Waals surface area (Å²) >= 11 is 0. The molecular weight excluding hydrogens is 451 g/mol. The fraction of sp³-hybridized carbons (Fsp3) is 0.250. The summed E-state index contributed by atoms with van der Waals surface area (Å²) in [4.78, 5) is 25.2. The van der Waals surface area contributed by atoms with Gasteiger partial charge in [-0.3, -0.25) is 14.8 Å². The smallest absolute Gasteiger partial charge is 0.244 e. The summed E-state index contributed by atoms with van der Waals surface area (Å²) < 4.78 is 18.9. The first-order valence-corrected chi connectivity index (χ1v) is 10.8. The van der Waals surface area contributed by atoms with Crippen LogP contribution in [0.2, 0.25) is 0 Å². The van der Waals surface area contributed by atoms with Crippen molar-refractivity contribution in [3.8, 4) is 6.07 Å². The first kappa shape index (κ1) is 25.0. The van der Waals surface area contributed by atoms with E-state index in [9.17, 15) is 14.4 Å². The molecular formula is C24H25FN8O2. The van der Waals surface area contributed by atoms with E-state index in [1.165, 1.54) is 18.4 Å². The summed E-state index contributed by atoms with van der Waals surface area (Å²) in [6.45, 7) is 5.87. The third kappa shape index (κ3) is 6.26. The Kier molecular flexibility index (Phi) is 7.88. The van der Waals surface area contributed by atoms with Crippen molar-refractivity contribution in [2.24, 2.45) is 31.9 Å². The van der Waals surface area contributed by atoms with Gasteiger partial charge in [0.05, 0.1) is 29.7 Å². The lowest BCUT2D eigenvalue weighted by Crippen LogP contribution is -2.36. The standard InChI is InChI=1S/C24H25FN8O2/c1-3-29-22(32-21(28)15(2)31-23(34)24(14-26)9-10-24)18(27)12-20(19-8-11-35-33-19)30-13-16-6-4-5-7-17(16)25/h4-8,11-12H,2-3,9-10,13,27H2,1H3,(H,31,34)(H2,28,29,32). The minimum atomic E-state index is -1.04. The molecule has 180 valence electrons. The number of nitriles is 1. The van der Waals surface area contributed by atoms with Crippen LogP contribution >= 0.6 is 0 Å². The molecule has 0 bridgehead atoms. The first-order valence-electron chi connectivity index (χ1n) is 10.8. The zero-order valence-electron chi connectivity index (χ0n) is 19.2. The number of amidine groups is 2. The number of halogens is 1. The van der Waals surface area contributed by atoms with E-state index in [-0.39, 0.29) is 35.4 Å². The molecule has 0 spiro atoms. The lowest BCUT2D eigenvalue weighted by Gasteiger charge is -2.11. The predicted octanol–water partition coefficient (Wildman–Crippen LogP) is 2.35. The van der Waals surface area contributed by atoms with Gasteiger partial charge < -0.3 is 21.3 Å². The summed E-state index contributed by atoms with van der Waals surface area (Å²) in [7, 11) is 0. The molecule has 0 atom stereocenters. The minimum Gasteiger partial charge on any atom is -0.396 e. The zero-order chi connectivity index (χ0) is 25.4. The summed E-state index contributed by atoms with van der Waals surface area (Å²) in [5, 5.41) is 15.6. The molecule has 1 fully saturated rings. The third-order valence-electron chi connectivity index (χ3n) is 5.13. The molecule has 1 amide bonds. The first-order chi connectivity index (χ1) is 16.8. The fourth-order valence-corrected chi connectivity index (χ4v) is 2.91. The van der Waals surface area contributed by atoms with Crippen LogP contribution in [0, 0.1) is 22.6 Å². The maximum atomic E-state index is 14.0. The maximum absolute atomic E-state index is 14.0. The van der Waals surface area contributed by atoms with E-state index in [1.54, 1.807) is 31.2 Å². The fourth-order valence-electron chi connectivity index (χ4n) is 2.91. The summed E-state index contributed by atoms with van der Waals surface area (Å²) in [5.74, 6) is -0.914. The molecule has 1 heterocycles. The molecule has 2 aromatic rings. The van der Waals surface area contributed by atoms with Gasteiger partial charge in [-0.15, -0.1) is 0 Å². The molecule has 1 saturated carbocycles. The monoisotopic (exact) mass is 476 g/mol. The van der Waals surface area contributed by atoms with Gasteiger partial charge in [0.25, 0.3) is 0 Å². The molecule has 1 aromatic heterocycles. The molecule has 0 saturated heterocycles. The van der Waals surface area contributed by atoms with Crippen LogP contribution in [0.15, 0.2) is 80.1 Å². The van der Waals surface area contributed by atoms with E-state index in [0.717, 1.165) is 0 Å². The number of rotatable bonds is 9. The van der Waals surface area contributed by atoms with Crippen LogP contribution in [0.1, 0.15) is 31.0 Å². The van der Waals surface area contributed by atoms with Crippen LogP contribution in [-0.4, -0.2) is 35.0 Å². The van der Waals surface area contributed by atoms with Crippen molar-refractivity contribution in [1.82, 2.24) is 10.5 Å². The van der Waals surface area contributed by atoms with E-state index in [4.69, 9.17) is 16.0 Å². The second-order valence-electron chi connectivity index (χ2n) is 7.70. The Morgan fingerprint density at radius 1 is 1.34 bits per heavy atom. The van der Waals surface area contributed by atoms with Crippen molar-refractivity contribution < 1.29 is 13.7 Å². The summed E-state index contributed by atoms with van der Waals surface area (Å²) in [6, 6.07) is 9.86. The highest BCUT2D eigenvalue weighted by atomic mass is 19.1. The highest BCUT2D eigenvalue weighted by molar-refractivity contribution is 6.16. The van der Waals surface area contributed by atoms with E-state index < -0.39 is 11.3 Å². The zero-order valence-corrected chi connectivity index (χ0v) is 19.2. The van der Waals surface area contributed by atoms with Gasteiger partial charge in [0.2, 0.25) is 5.91 Å². The number of nitrogens with two attached hydrogens (primary N) is 2. The van der Waals surface area contributed by atoms with Gasteiger partial charge in [0.15, 0.2) is 5.84 Å². The van der Waals surface area contributed by atoms with Gasteiger partial charge >= 0.3 is 0 Å². The lowest BCUT2D eigenvalue weighted by molar-refractivity contribution is -0.123. The number of hydrogen-bond acceptors (Lipinski definition) is 7. The van der Waals surface area contributed by atoms with Crippen molar-refractivity contribution in [1.29, 1.82) is 5.26 Å². The van der Waals surface area contributed by atoms with Crippen LogP contribution < -0.4 is 16.8 Å². The molecule has 0 radical (unpaired) electrons. The Morgan fingerprint density at radius 3 is 2.69 bits per heavy atom. The number of allylic oxidation sites excluding steroid dienone is 1. The number of nitrogens with one attached hydrogen (secondary N) is 1. The Balaban J connectivity index is 1.85. The van der Waals surface area contributed by atoms with Crippen LogP contribution in [-0.2, 0) is 11.3 Å². The molecule has 5 N–H and O–H groups in total. The molecule has 0 aliphatic heterocycles. The van der Waals surface area contributed by atoms with Crippen LogP contribution in [0.25, 0.3) is 0 Å². The van der Waals surface area contributed by atoms with Gasteiger partial charge in [-0.05, 0) is 31.9 Å². The highest BCUT2D eigenvalue weighted by Crippen LogP contribution is 2.45. The maximum Gasteiger partial charge on any atom is 0.244 e. The lowest BCUT2D eigenvalue weighted by atomic mass is 10.1. The average Bonchev–Trinajstić information content (AvgIpc) is 3.47. The summed E-state index contributed by atoms with van der Waals surface area (Å²) in [6.07, 6.45) is 3.81. The Bertz CT molecular complexity index is 1260. The van der Waals surface area contributed by atoms with Crippen molar-refractivity contribution in [3.05, 3.63) is 77.7 Å². The number of nitrogens with zero attached hydrogens (tertiary/aromatic N) is 5.